The number of nitrogens with zero attached hydrogens (tertiary/aromatic N) is 5. The topological polar surface area (TPSA) is 63.9 Å². The number of anilines is 1. The van der Waals surface area contributed by atoms with E-state index in [0.29, 0.717) is 5.92 Å². The maximum atomic E-state index is 11.8. The highest BCUT2D eigenvalue weighted by Gasteiger charge is 2.22. The van der Waals surface area contributed by atoms with Gasteiger partial charge in [-0.05, 0) is 49.7 Å². The van der Waals surface area contributed by atoms with Crippen LogP contribution in [0, 0.1) is 5.92 Å². The van der Waals surface area contributed by atoms with Gasteiger partial charge in [0.2, 0.25) is 0 Å². The van der Waals surface area contributed by atoms with E-state index in [4.69, 9.17) is 0 Å². The molecule has 1 saturated heterocycles. The van der Waals surface area contributed by atoms with Gasteiger partial charge in [0.1, 0.15) is 0 Å². The molecule has 0 bridgehead atoms. The average Bonchev–Trinajstić information content (AvgIpc) is 3.05. The van der Waals surface area contributed by atoms with E-state index in [1.807, 2.05) is 0 Å². The van der Waals surface area contributed by atoms with E-state index in [2.05, 4.69) is 26.1 Å². The van der Waals surface area contributed by atoms with Gasteiger partial charge in [-0.25, -0.2) is 4.98 Å². The zero-order valence-corrected chi connectivity index (χ0v) is 13.2. The van der Waals surface area contributed by atoms with Crippen LogP contribution in [-0.2, 0) is 19.4 Å². The summed E-state index contributed by atoms with van der Waals surface area (Å²) in [7, 11) is 0. The second-order valence-electron chi connectivity index (χ2n) is 6.53. The van der Waals surface area contributed by atoms with Crippen LogP contribution in [0.25, 0.3) is 0 Å². The van der Waals surface area contributed by atoms with E-state index in [1.165, 1.54) is 23.7 Å². The third-order valence-electron chi connectivity index (χ3n) is 4.99. The van der Waals surface area contributed by atoms with Crippen LogP contribution in [0.1, 0.15) is 30.5 Å². The first kappa shape index (κ1) is 14.4. The maximum absolute atomic E-state index is 11.8. The molecular formula is C17H21N5O. The summed E-state index contributed by atoms with van der Waals surface area (Å²) in [4.78, 5) is 18.1. The average molecular weight is 311 g/mol. The Bertz CT molecular complexity index is 749. The van der Waals surface area contributed by atoms with E-state index in [-0.39, 0.29) is 5.56 Å². The van der Waals surface area contributed by atoms with Gasteiger partial charge >= 0.3 is 0 Å². The van der Waals surface area contributed by atoms with Crippen LogP contribution in [0.2, 0.25) is 0 Å². The fraction of sp³-hybridized carbons (Fsp3) is 0.529. The first-order valence-corrected chi connectivity index (χ1v) is 8.40. The van der Waals surface area contributed by atoms with Crippen LogP contribution in [0.4, 0.5) is 5.82 Å². The molecular weight excluding hydrogens is 290 g/mol. The monoisotopic (exact) mass is 311 g/mol. The summed E-state index contributed by atoms with van der Waals surface area (Å²) in [5.41, 5.74) is 2.59. The van der Waals surface area contributed by atoms with Gasteiger partial charge < -0.3 is 4.90 Å². The van der Waals surface area contributed by atoms with Crippen molar-refractivity contribution >= 4 is 5.82 Å². The smallest absolute Gasteiger partial charge is 0.253 e. The molecule has 120 valence electrons. The minimum Gasteiger partial charge on any atom is -0.355 e. The van der Waals surface area contributed by atoms with Gasteiger partial charge in [-0.15, -0.1) is 5.10 Å². The summed E-state index contributed by atoms with van der Waals surface area (Å²) >= 11 is 0. The number of fused-ring (bicyclic) bond motifs is 1. The maximum Gasteiger partial charge on any atom is 0.253 e. The second kappa shape index (κ2) is 6.10. The standard InChI is InChI=1S/C17H21N5O/c23-17-4-7-18-12-22(17)11-13-5-8-21(9-6-13)16-10-14-2-1-3-15(14)19-20-16/h4,7,10,12-13H,1-3,5-6,8-9,11H2. The lowest BCUT2D eigenvalue weighted by Crippen LogP contribution is -2.37. The molecule has 0 radical (unpaired) electrons. The van der Waals surface area contributed by atoms with Crippen molar-refractivity contribution < 1.29 is 0 Å². The summed E-state index contributed by atoms with van der Waals surface area (Å²) in [6.07, 6.45) is 8.74. The van der Waals surface area contributed by atoms with Crippen molar-refractivity contribution in [3.05, 3.63) is 46.3 Å². The quantitative estimate of drug-likeness (QED) is 0.858. The van der Waals surface area contributed by atoms with E-state index in [9.17, 15) is 4.79 Å². The molecule has 1 fully saturated rings. The van der Waals surface area contributed by atoms with E-state index in [0.717, 1.165) is 51.1 Å². The third kappa shape index (κ3) is 2.98. The van der Waals surface area contributed by atoms with Gasteiger partial charge in [-0.2, -0.15) is 5.10 Å². The van der Waals surface area contributed by atoms with Crippen molar-refractivity contribution in [1.82, 2.24) is 19.7 Å². The second-order valence-corrected chi connectivity index (χ2v) is 6.53. The SMILES string of the molecule is O=c1ccncn1CC1CCN(c2cc3c(nn2)CCC3)CC1. The Kier molecular flexibility index (Phi) is 3.81. The lowest BCUT2D eigenvalue weighted by atomic mass is 9.96. The first-order valence-electron chi connectivity index (χ1n) is 8.40. The van der Waals surface area contributed by atoms with Gasteiger partial charge in [-0.3, -0.25) is 9.36 Å². The van der Waals surface area contributed by atoms with Crippen LogP contribution in [0.15, 0.2) is 29.5 Å². The number of piperidine rings is 1. The summed E-state index contributed by atoms with van der Waals surface area (Å²) in [6.45, 7) is 2.72. The number of hydrogen-bond acceptors (Lipinski definition) is 5. The molecule has 0 unspecified atom stereocenters. The Labute approximate surface area is 135 Å². The third-order valence-corrected chi connectivity index (χ3v) is 4.99. The Balaban J connectivity index is 1.39. The Morgan fingerprint density at radius 2 is 2.04 bits per heavy atom. The van der Waals surface area contributed by atoms with Gasteiger partial charge in [0.15, 0.2) is 5.82 Å². The van der Waals surface area contributed by atoms with E-state index in [1.54, 1.807) is 17.1 Å². The molecule has 4 rings (SSSR count). The summed E-state index contributed by atoms with van der Waals surface area (Å²) in [5.74, 6) is 1.54. The molecule has 0 atom stereocenters. The van der Waals surface area contributed by atoms with Crippen molar-refractivity contribution in [2.24, 2.45) is 5.92 Å². The van der Waals surface area contributed by atoms with Gasteiger partial charge in [0.05, 0.1) is 12.0 Å². The number of rotatable bonds is 3. The normalized spacial score (nSPS) is 18.2. The fourth-order valence-electron chi connectivity index (χ4n) is 3.61. The molecule has 1 aliphatic heterocycles. The lowest BCUT2D eigenvalue weighted by Gasteiger charge is -2.32. The Hall–Kier alpha value is -2.24. The van der Waals surface area contributed by atoms with Gasteiger partial charge in [0, 0.05) is 31.9 Å². The molecule has 6 nitrogen and oxygen atoms in total. The first-order chi connectivity index (χ1) is 11.3. The van der Waals surface area contributed by atoms with E-state index < -0.39 is 0 Å². The van der Waals surface area contributed by atoms with Gasteiger partial charge in [0.25, 0.3) is 5.56 Å². The minimum atomic E-state index is 0.0342. The molecule has 6 heteroatoms. The van der Waals surface area contributed by atoms with Gasteiger partial charge in [-0.1, -0.05) is 0 Å². The van der Waals surface area contributed by atoms with E-state index >= 15 is 0 Å². The molecule has 1 aliphatic carbocycles. The van der Waals surface area contributed by atoms with Crippen LogP contribution in [0.3, 0.4) is 0 Å². The van der Waals surface area contributed by atoms with Crippen LogP contribution in [-0.4, -0.2) is 32.8 Å². The fourth-order valence-corrected chi connectivity index (χ4v) is 3.61. The van der Waals surface area contributed by atoms with Crippen molar-refractivity contribution in [3.63, 3.8) is 0 Å². The van der Waals surface area contributed by atoms with Crippen LogP contribution in [0.5, 0.6) is 0 Å². The summed E-state index contributed by atoms with van der Waals surface area (Å²) < 4.78 is 1.72. The molecule has 0 saturated carbocycles. The summed E-state index contributed by atoms with van der Waals surface area (Å²) in [5, 5.41) is 8.80. The molecule has 2 aromatic rings. The Morgan fingerprint density at radius 3 is 2.87 bits per heavy atom. The lowest BCUT2D eigenvalue weighted by molar-refractivity contribution is 0.350. The Morgan fingerprint density at radius 1 is 1.17 bits per heavy atom. The zero-order chi connectivity index (χ0) is 15.6. The summed E-state index contributed by atoms with van der Waals surface area (Å²) in [6, 6.07) is 3.75. The highest BCUT2D eigenvalue weighted by Crippen LogP contribution is 2.26. The molecule has 0 amide bonds. The largest absolute Gasteiger partial charge is 0.355 e. The number of aryl methyl sites for hydroxylation is 2. The zero-order valence-electron chi connectivity index (χ0n) is 13.2. The van der Waals surface area contributed by atoms with Crippen molar-refractivity contribution in [3.8, 4) is 0 Å². The molecule has 2 aromatic heterocycles. The predicted octanol–water partition coefficient (Wildman–Crippen LogP) is 1.44. The molecule has 3 heterocycles. The van der Waals surface area contributed by atoms with Crippen molar-refractivity contribution in [1.29, 1.82) is 0 Å². The molecule has 0 aromatic carbocycles. The number of hydrogen-bond donors (Lipinski definition) is 0. The predicted molar refractivity (Wildman–Crippen MR) is 87.5 cm³/mol. The molecule has 0 N–H and O–H groups in total. The molecule has 0 spiro atoms. The number of aromatic nitrogens is 4. The van der Waals surface area contributed by atoms with Crippen molar-refractivity contribution in [2.45, 2.75) is 38.6 Å². The van der Waals surface area contributed by atoms with Crippen LogP contribution < -0.4 is 10.5 Å². The molecule has 23 heavy (non-hydrogen) atoms. The highest BCUT2D eigenvalue weighted by molar-refractivity contribution is 5.43. The highest BCUT2D eigenvalue weighted by atomic mass is 16.1. The minimum absolute atomic E-state index is 0.0342. The van der Waals surface area contributed by atoms with Crippen LogP contribution >= 0.6 is 0 Å². The van der Waals surface area contributed by atoms with Crippen molar-refractivity contribution in [2.75, 3.05) is 18.0 Å². The molecule has 2 aliphatic rings.